The Balaban J connectivity index is 1.93. The Morgan fingerprint density at radius 2 is 1.79 bits per heavy atom. The maximum absolute atomic E-state index is 13.7. The number of hydrogen-bond acceptors (Lipinski definition) is 4. The lowest BCUT2D eigenvalue weighted by Gasteiger charge is -2.41. The summed E-state index contributed by atoms with van der Waals surface area (Å²) in [5.74, 6) is -5.70. The van der Waals surface area contributed by atoms with Gasteiger partial charge in [-0.1, -0.05) is 0 Å². The van der Waals surface area contributed by atoms with Crippen molar-refractivity contribution < 1.29 is 31.1 Å². The molecule has 1 heterocycles. The molecule has 0 spiro atoms. The molecule has 1 aromatic carbocycles. The fourth-order valence-corrected chi connectivity index (χ4v) is 2.91. The molecule has 2 atom stereocenters. The zero-order valence-electron chi connectivity index (χ0n) is 14.6. The molecule has 28 heavy (non-hydrogen) atoms. The van der Waals surface area contributed by atoms with Crippen molar-refractivity contribution in [3.05, 3.63) is 35.1 Å². The highest BCUT2D eigenvalue weighted by atomic mass is 19.4. The molecule has 6 nitrogen and oxygen atoms in total. The Bertz CT molecular complexity index is 756. The minimum absolute atomic E-state index is 0.0999. The van der Waals surface area contributed by atoms with Crippen LogP contribution in [0, 0.1) is 22.9 Å². The minimum atomic E-state index is -4.85. The number of nitrogens with zero attached hydrogens (tertiary/aromatic N) is 2. The third-order valence-corrected chi connectivity index (χ3v) is 4.34. The predicted molar refractivity (Wildman–Crippen MR) is 87.7 cm³/mol. The SMILES string of the molecule is N=C(N1CCN(C(=O)CC(N)Cc2cc(F)c(F)cc2F)CC1N)C(F)(F)F. The van der Waals surface area contributed by atoms with Crippen molar-refractivity contribution in [2.75, 3.05) is 19.6 Å². The van der Waals surface area contributed by atoms with Gasteiger partial charge in [0.2, 0.25) is 11.7 Å². The number of rotatable bonds is 4. The largest absolute Gasteiger partial charge is 0.448 e. The average molecular weight is 411 g/mol. The summed E-state index contributed by atoms with van der Waals surface area (Å²) in [4.78, 5) is 14.1. The second-order valence-electron chi connectivity index (χ2n) is 6.47. The third-order valence-electron chi connectivity index (χ3n) is 4.34. The van der Waals surface area contributed by atoms with Gasteiger partial charge in [0, 0.05) is 31.6 Å². The zero-order valence-corrected chi connectivity index (χ0v) is 14.6. The first-order chi connectivity index (χ1) is 12.9. The molecule has 0 aromatic heterocycles. The van der Waals surface area contributed by atoms with Crippen molar-refractivity contribution in [2.45, 2.75) is 31.2 Å². The van der Waals surface area contributed by atoms with Gasteiger partial charge >= 0.3 is 6.18 Å². The van der Waals surface area contributed by atoms with E-state index in [1.54, 1.807) is 0 Å². The molecule has 1 saturated heterocycles. The van der Waals surface area contributed by atoms with Crippen LogP contribution in [0.25, 0.3) is 0 Å². The van der Waals surface area contributed by atoms with E-state index >= 15 is 0 Å². The van der Waals surface area contributed by atoms with E-state index in [1.165, 1.54) is 4.90 Å². The maximum atomic E-state index is 13.7. The van der Waals surface area contributed by atoms with Crippen molar-refractivity contribution in [2.24, 2.45) is 11.5 Å². The van der Waals surface area contributed by atoms with Gasteiger partial charge in [-0.3, -0.25) is 10.2 Å². The summed E-state index contributed by atoms with van der Waals surface area (Å²) in [6.07, 6.45) is -6.59. The molecular formula is C16H19F6N5O. The minimum Gasteiger partial charge on any atom is -0.337 e. The number of nitrogens with two attached hydrogens (primary N) is 2. The van der Waals surface area contributed by atoms with Crippen LogP contribution in [0.2, 0.25) is 0 Å². The summed E-state index contributed by atoms with van der Waals surface area (Å²) in [6.45, 7) is -0.626. The second kappa shape index (κ2) is 8.35. The molecule has 1 fully saturated rings. The number of carbonyl (C=O) groups excluding carboxylic acids is 1. The number of amidine groups is 1. The molecule has 156 valence electrons. The van der Waals surface area contributed by atoms with Crippen LogP contribution in [-0.4, -0.2) is 59.6 Å². The van der Waals surface area contributed by atoms with Crippen molar-refractivity contribution in [1.82, 2.24) is 9.80 Å². The second-order valence-corrected chi connectivity index (χ2v) is 6.47. The van der Waals surface area contributed by atoms with E-state index in [9.17, 15) is 31.1 Å². The summed E-state index contributed by atoms with van der Waals surface area (Å²) in [6, 6.07) is 0.119. The number of amides is 1. The summed E-state index contributed by atoms with van der Waals surface area (Å²) in [5, 5.41) is 7.13. The van der Waals surface area contributed by atoms with Crippen LogP contribution in [0.15, 0.2) is 12.1 Å². The Kier molecular flexibility index (Phi) is 6.55. The smallest absolute Gasteiger partial charge is 0.337 e. The van der Waals surface area contributed by atoms with Gasteiger partial charge in [0.15, 0.2) is 11.6 Å². The molecular weight excluding hydrogens is 392 g/mol. The summed E-state index contributed by atoms with van der Waals surface area (Å²) >= 11 is 0. The van der Waals surface area contributed by atoms with E-state index in [1.807, 2.05) is 0 Å². The molecule has 1 aliphatic rings. The van der Waals surface area contributed by atoms with Crippen LogP contribution in [-0.2, 0) is 11.2 Å². The van der Waals surface area contributed by atoms with Gasteiger partial charge in [0.1, 0.15) is 5.82 Å². The fourth-order valence-electron chi connectivity index (χ4n) is 2.91. The van der Waals surface area contributed by atoms with Gasteiger partial charge in [-0.15, -0.1) is 0 Å². The van der Waals surface area contributed by atoms with Gasteiger partial charge in [-0.25, -0.2) is 13.2 Å². The standard InChI is InChI=1S/C16H19F6N5O/c17-10-6-12(19)11(18)4-8(10)3-9(23)5-14(28)26-1-2-27(13(24)7-26)15(25)16(20,21)22/h4,6,9,13,25H,1-3,5,7,23-24H2. The number of carbonyl (C=O) groups is 1. The number of hydrogen-bond donors (Lipinski definition) is 3. The van der Waals surface area contributed by atoms with Crippen LogP contribution in [0.5, 0.6) is 0 Å². The van der Waals surface area contributed by atoms with Crippen LogP contribution < -0.4 is 11.5 Å². The van der Waals surface area contributed by atoms with E-state index in [-0.39, 0.29) is 38.0 Å². The molecule has 12 heteroatoms. The van der Waals surface area contributed by atoms with Crippen molar-refractivity contribution >= 4 is 11.7 Å². The first kappa shape index (κ1) is 22.0. The number of halogens is 6. The van der Waals surface area contributed by atoms with E-state index in [4.69, 9.17) is 16.9 Å². The van der Waals surface area contributed by atoms with E-state index in [0.717, 1.165) is 0 Å². The topological polar surface area (TPSA) is 99.4 Å². The lowest BCUT2D eigenvalue weighted by atomic mass is 10.0. The van der Waals surface area contributed by atoms with Gasteiger partial charge < -0.3 is 21.3 Å². The van der Waals surface area contributed by atoms with Gasteiger partial charge in [-0.2, -0.15) is 13.2 Å². The average Bonchev–Trinajstić information content (AvgIpc) is 2.58. The number of piperazine rings is 1. The Morgan fingerprint density at radius 3 is 2.36 bits per heavy atom. The molecule has 0 saturated carbocycles. The van der Waals surface area contributed by atoms with Crippen LogP contribution in [0.1, 0.15) is 12.0 Å². The number of benzene rings is 1. The van der Waals surface area contributed by atoms with E-state index < -0.39 is 47.6 Å². The fraction of sp³-hybridized carbons (Fsp3) is 0.500. The van der Waals surface area contributed by atoms with Gasteiger partial charge in [0.25, 0.3) is 0 Å². The number of alkyl halides is 3. The first-order valence-electron chi connectivity index (χ1n) is 8.25. The highest BCUT2D eigenvalue weighted by Crippen LogP contribution is 2.22. The molecule has 1 amide bonds. The predicted octanol–water partition coefficient (Wildman–Crippen LogP) is 1.33. The lowest BCUT2D eigenvalue weighted by molar-refractivity contribution is -0.134. The van der Waals surface area contributed by atoms with Gasteiger partial charge in [0.05, 0.1) is 12.7 Å². The Hall–Kier alpha value is -2.34. The van der Waals surface area contributed by atoms with E-state index in [2.05, 4.69) is 0 Å². The van der Waals surface area contributed by atoms with Crippen LogP contribution in [0.3, 0.4) is 0 Å². The molecule has 0 bridgehead atoms. The summed E-state index contributed by atoms with van der Waals surface area (Å²) < 4.78 is 77.7. The third kappa shape index (κ3) is 5.13. The molecule has 2 unspecified atom stereocenters. The Morgan fingerprint density at radius 1 is 1.18 bits per heavy atom. The molecule has 5 N–H and O–H groups in total. The summed E-state index contributed by atoms with van der Waals surface area (Å²) in [7, 11) is 0. The molecule has 1 aliphatic heterocycles. The first-order valence-corrected chi connectivity index (χ1v) is 8.25. The Labute approximate surface area is 156 Å². The van der Waals surface area contributed by atoms with Crippen molar-refractivity contribution in [1.29, 1.82) is 5.41 Å². The van der Waals surface area contributed by atoms with Gasteiger partial charge in [-0.05, 0) is 18.1 Å². The van der Waals surface area contributed by atoms with Crippen LogP contribution >= 0.6 is 0 Å². The normalized spacial score (nSPS) is 18.9. The maximum Gasteiger partial charge on any atom is 0.448 e. The van der Waals surface area contributed by atoms with Crippen LogP contribution in [0.4, 0.5) is 26.3 Å². The summed E-state index contributed by atoms with van der Waals surface area (Å²) in [5.41, 5.74) is 11.2. The quantitative estimate of drug-likeness (QED) is 0.301. The van der Waals surface area contributed by atoms with Crippen molar-refractivity contribution in [3.8, 4) is 0 Å². The molecule has 0 radical (unpaired) electrons. The lowest BCUT2D eigenvalue weighted by Crippen LogP contribution is -2.62. The highest BCUT2D eigenvalue weighted by Gasteiger charge is 2.42. The molecule has 0 aliphatic carbocycles. The monoisotopic (exact) mass is 411 g/mol. The number of nitrogens with one attached hydrogen (secondary N) is 1. The molecule has 1 aromatic rings. The van der Waals surface area contributed by atoms with Crippen molar-refractivity contribution in [3.63, 3.8) is 0 Å². The van der Waals surface area contributed by atoms with E-state index in [0.29, 0.717) is 17.0 Å². The highest BCUT2D eigenvalue weighted by molar-refractivity contribution is 5.85. The zero-order chi connectivity index (χ0) is 21.2. The molecule has 2 rings (SSSR count).